The minimum Gasteiger partial charge on any atom is -0.444 e. The highest BCUT2D eigenvalue weighted by atomic mass is 32.1. The predicted octanol–water partition coefficient (Wildman–Crippen LogP) is 3.03. The first-order chi connectivity index (χ1) is 8.85. The number of carbonyl (C=O) groups is 1. The van der Waals surface area contributed by atoms with E-state index >= 15 is 0 Å². The van der Waals surface area contributed by atoms with Crippen LogP contribution in [0.1, 0.15) is 37.4 Å². The smallest absolute Gasteiger partial charge is 0.410 e. The summed E-state index contributed by atoms with van der Waals surface area (Å²) in [6.07, 6.45) is -0.173. The van der Waals surface area contributed by atoms with Crippen molar-refractivity contribution >= 4 is 17.4 Å². The molecule has 5 heteroatoms. The van der Waals surface area contributed by atoms with Gasteiger partial charge in [-0.25, -0.2) is 9.78 Å². The number of likely N-dealkylation sites (tertiary alicyclic amines) is 1. The molecule has 1 aromatic heterocycles. The van der Waals surface area contributed by atoms with Gasteiger partial charge in [0.25, 0.3) is 0 Å². The maximum absolute atomic E-state index is 12.0. The maximum Gasteiger partial charge on any atom is 0.410 e. The predicted molar refractivity (Wildman–Crippen MR) is 74.4 cm³/mol. The normalized spacial score (nSPS) is 29.3. The summed E-state index contributed by atoms with van der Waals surface area (Å²) in [5.41, 5.74) is 0.816. The van der Waals surface area contributed by atoms with Crippen LogP contribution in [0.2, 0.25) is 0 Å². The van der Waals surface area contributed by atoms with Gasteiger partial charge in [0.2, 0.25) is 0 Å². The number of fused-ring (bicyclic) bond motifs is 1. The van der Waals surface area contributed by atoms with Crippen molar-refractivity contribution in [3.8, 4) is 0 Å². The molecule has 1 saturated carbocycles. The Morgan fingerprint density at radius 3 is 2.53 bits per heavy atom. The molecule has 0 N–H and O–H groups in total. The van der Waals surface area contributed by atoms with E-state index in [1.54, 1.807) is 11.3 Å². The Bertz CT molecular complexity index is 494. The molecule has 1 aliphatic heterocycles. The fourth-order valence-corrected chi connectivity index (χ4v) is 3.63. The van der Waals surface area contributed by atoms with Crippen LogP contribution >= 0.6 is 11.3 Å². The third kappa shape index (κ3) is 2.48. The molecule has 0 bridgehead atoms. The number of piperidine rings is 1. The number of aryl methyl sites for hydroxylation is 1. The van der Waals surface area contributed by atoms with Crippen LogP contribution in [0.4, 0.5) is 4.79 Å². The first-order valence-corrected chi connectivity index (χ1v) is 7.63. The lowest BCUT2D eigenvalue weighted by Gasteiger charge is -2.25. The molecule has 2 fully saturated rings. The van der Waals surface area contributed by atoms with E-state index in [0.717, 1.165) is 18.1 Å². The van der Waals surface area contributed by atoms with E-state index in [1.165, 1.54) is 5.69 Å². The van der Waals surface area contributed by atoms with Crippen molar-refractivity contribution in [3.05, 3.63) is 16.1 Å². The van der Waals surface area contributed by atoms with E-state index in [0.29, 0.717) is 17.8 Å². The number of hydrogen-bond acceptors (Lipinski definition) is 4. The zero-order valence-electron chi connectivity index (χ0n) is 11.8. The summed E-state index contributed by atoms with van der Waals surface area (Å²) < 4.78 is 5.41. The van der Waals surface area contributed by atoms with Crippen molar-refractivity contribution in [2.75, 3.05) is 13.1 Å². The average Bonchev–Trinajstić information content (AvgIpc) is 2.67. The summed E-state index contributed by atoms with van der Waals surface area (Å²) >= 11 is 1.71. The van der Waals surface area contributed by atoms with Crippen molar-refractivity contribution < 1.29 is 9.53 Å². The largest absolute Gasteiger partial charge is 0.444 e. The molecule has 104 valence electrons. The number of rotatable bonds is 1. The van der Waals surface area contributed by atoms with E-state index < -0.39 is 5.60 Å². The van der Waals surface area contributed by atoms with Crippen LogP contribution < -0.4 is 0 Å². The van der Waals surface area contributed by atoms with Gasteiger partial charge in [-0.15, -0.1) is 11.3 Å². The second-order valence-corrected chi connectivity index (χ2v) is 7.59. The van der Waals surface area contributed by atoms with Crippen molar-refractivity contribution in [3.63, 3.8) is 0 Å². The quantitative estimate of drug-likeness (QED) is 0.794. The van der Waals surface area contributed by atoms with E-state index in [2.05, 4.69) is 10.4 Å². The maximum atomic E-state index is 12.0. The fourth-order valence-electron chi connectivity index (χ4n) is 2.97. The van der Waals surface area contributed by atoms with Gasteiger partial charge in [-0.2, -0.15) is 0 Å². The van der Waals surface area contributed by atoms with Crippen LogP contribution in [0.25, 0.3) is 0 Å². The number of hydrogen-bond donors (Lipinski definition) is 0. The van der Waals surface area contributed by atoms with Gasteiger partial charge in [-0.05, 0) is 39.5 Å². The van der Waals surface area contributed by atoms with E-state index in [4.69, 9.17) is 4.74 Å². The minimum absolute atomic E-state index is 0.173. The molecule has 1 saturated heterocycles. The molecule has 0 radical (unpaired) electrons. The molecule has 1 aliphatic carbocycles. The molecule has 2 aliphatic rings. The first-order valence-electron chi connectivity index (χ1n) is 6.75. The minimum atomic E-state index is -0.407. The van der Waals surface area contributed by atoms with Gasteiger partial charge >= 0.3 is 6.09 Å². The van der Waals surface area contributed by atoms with Gasteiger partial charge in [-0.1, -0.05) is 0 Å². The summed E-state index contributed by atoms with van der Waals surface area (Å²) in [4.78, 5) is 18.4. The lowest BCUT2D eigenvalue weighted by Crippen LogP contribution is -2.36. The topological polar surface area (TPSA) is 42.4 Å². The molecule has 3 atom stereocenters. The highest BCUT2D eigenvalue weighted by Gasteiger charge is 2.58. The number of thiazole rings is 1. The van der Waals surface area contributed by atoms with E-state index in [1.807, 2.05) is 32.6 Å². The third-order valence-corrected chi connectivity index (χ3v) is 4.62. The Hall–Kier alpha value is -1.10. The second kappa shape index (κ2) is 4.20. The summed E-state index contributed by atoms with van der Waals surface area (Å²) in [6, 6.07) is 0. The molecule has 1 amide bonds. The number of carbonyl (C=O) groups excluding carboxylic acids is 1. The Kier molecular flexibility index (Phi) is 2.85. The average molecular weight is 280 g/mol. The van der Waals surface area contributed by atoms with Gasteiger partial charge in [0.05, 0.1) is 10.7 Å². The zero-order valence-corrected chi connectivity index (χ0v) is 12.7. The van der Waals surface area contributed by atoms with Crippen molar-refractivity contribution in [1.29, 1.82) is 0 Å². The lowest BCUT2D eigenvalue weighted by molar-refractivity contribution is 0.0271. The zero-order chi connectivity index (χ0) is 13.8. The molecule has 1 unspecified atom stereocenters. The molecular formula is C14H20N2O2S. The van der Waals surface area contributed by atoms with E-state index in [9.17, 15) is 4.79 Å². The third-order valence-electron chi connectivity index (χ3n) is 3.82. The van der Waals surface area contributed by atoms with Crippen LogP contribution in [0.15, 0.2) is 5.38 Å². The Labute approximate surface area is 117 Å². The fraction of sp³-hybridized carbons (Fsp3) is 0.714. The monoisotopic (exact) mass is 280 g/mol. The van der Waals surface area contributed by atoms with Crippen LogP contribution in [0, 0.1) is 18.8 Å². The van der Waals surface area contributed by atoms with Crippen molar-refractivity contribution in [1.82, 2.24) is 9.88 Å². The Morgan fingerprint density at radius 1 is 1.42 bits per heavy atom. The Morgan fingerprint density at radius 2 is 2.05 bits per heavy atom. The van der Waals surface area contributed by atoms with Crippen LogP contribution in [-0.2, 0) is 4.74 Å². The second-order valence-electron chi connectivity index (χ2n) is 6.53. The number of nitrogens with zero attached hydrogens (tertiary/aromatic N) is 2. The standard InChI is InChI=1S/C14H20N2O2S/c1-8-15-11(7-19-8)12-9-5-16(6-10(9)12)13(17)18-14(2,3)4/h7,9-10,12H,5-6H2,1-4H3/t9-,10+,12?. The van der Waals surface area contributed by atoms with E-state index in [-0.39, 0.29) is 6.09 Å². The summed E-state index contributed by atoms with van der Waals surface area (Å²) in [5.74, 6) is 1.76. The lowest BCUT2D eigenvalue weighted by atomic mass is 10.2. The molecule has 1 aromatic rings. The molecule has 2 heterocycles. The summed E-state index contributed by atoms with van der Waals surface area (Å²) in [5, 5.41) is 3.29. The van der Waals surface area contributed by atoms with Gasteiger partial charge in [-0.3, -0.25) is 0 Å². The highest BCUT2D eigenvalue weighted by Crippen LogP contribution is 2.58. The number of aromatic nitrogens is 1. The van der Waals surface area contributed by atoms with Crippen LogP contribution in [-0.4, -0.2) is 34.7 Å². The first kappa shape index (κ1) is 12.9. The van der Waals surface area contributed by atoms with Crippen LogP contribution in [0.3, 0.4) is 0 Å². The van der Waals surface area contributed by atoms with Gasteiger partial charge in [0, 0.05) is 24.4 Å². The molecule has 19 heavy (non-hydrogen) atoms. The highest BCUT2D eigenvalue weighted by molar-refractivity contribution is 7.09. The molecular weight excluding hydrogens is 260 g/mol. The summed E-state index contributed by atoms with van der Waals surface area (Å²) in [6.45, 7) is 9.40. The Balaban J connectivity index is 1.57. The van der Waals surface area contributed by atoms with Gasteiger partial charge in [0.15, 0.2) is 0 Å². The summed E-state index contributed by atoms with van der Waals surface area (Å²) in [7, 11) is 0. The molecule has 3 rings (SSSR count). The van der Waals surface area contributed by atoms with Gasteiger partial charge in [0.1, 0.15) is 5.60 Å². The molecule has 0 spiro atoms. The van der Waals surface area contributed by atoms with Crippen molar-refractivity contribution in [2.45, 2.75) is 39.2 Å². The molecule has 0 aromatic carbocycles. The number of amides is 1. The SMILES string of the molecule is Cc1nc(C2[C@H]3CN(C(=O)OC(C)(C)C)C[C@@H]23)cs1. The number of ether oxygens (including phenoxy) is 1. The van der Waals surface area contributed by atoms with Crippen LogP contribution in [0.5, 0.6) is 0 Å². The van der Waals surface area contributed by atoms with Gasteiger partial charge < -0.3 is 9.64 Å². The molecule has 4 nitrogen and oxygen atoms in total. The van der Waals surface area contributed by atoms with Crippen molar-refractivity contribution in [2.24, 2.45) is 11.8 Å².